The summed E-state index contributed by atoms with van der Waals surface area (Å²) in [6.45, 7) is 3.11. The predicted molar refractivity (Wildman–Crippen MR) is 50.1 cm³/mol. The van der Waals surface area contributed by atoms with Gasteiger partial charge in [0.25, 0.3) is 0 Å². The Hall–Kier alpha value is -1.61. The quantitative estimate of drug-likeness (QED) is 0.617. The maximum absolute atomic E-state index is 11.0. The van der Waals surface area contributed by atoms with Crippen LogP contribution in [0.5, 0.6) is 0 Å². The number of nitriles is 1. The first-order valence-corrected chi connectivity index (χ1v) is 4.28. The van der Waals surface area contributed by atoms with E-state index in [-0.39, 0.29) is 6.54 Å². The van der Waals surface area contributed by atoms with Crippen LogP contribution >= 0.6 is 0 Å². The largest absolute Gasteiger partial charge is 0.351 e. The molecule has 0 bridgehead atoms. The zero-order valence-corrected chi connectivity index (χ0v) is 8.12. The zero-order valence-electron chi connectivity index (χ0n) is 8.12. The van der Waals surface area contributed by atoms with Crippen molar-refractivity contribution in [1.29, 1.82) is 5.26 Å². The summed E-state index contributed by atoms with van der Waals surface area (Å²) >= 11 is 0. The highest BCUT2D eigenvalue weighted by molar-refractivity contribution is 5.94. The van der Waals surface area contributed by atoms with E-state index in [1.165, 1.54) is 0 Å². The lowest BCUT2D eigenvalue weighted by atomic mass is 10.4. The minimum atomic E-state index is -0.855. The number of primary amides is 1. The molecule has 0 aromatic heterocycles. The van der Waals surface area contributed by atoms with Crippen LogP contribution in [0, 0.1) is 11.3 Å². The molecule has 6 heteroatoms. The molecule has 3 amide bonds. The topological polar surface area (TPSA) is 99.2 Å². The molecule has 0 aromatic carbocycles. The van der Waals surface area contributed by atoms with Gasteiger partial charge in [-0.3, -0.25) is 15.0 Å². The number of urea groups is 1. The van der Waals surface area contributed by atoms with Gasteiger partial charge in [-0.05, 0) is 6.54 Å². The van der Waals surface area contributed by atoms with E-state index >= 15 is 0 Å². The van der Waals surface area contributed by atoms with Gasteiger partial charge < -0.3 is 5.73 Å². The lowest BCUT2D eigenvalue weighted by molar-refractivity contribution is -0.121. The monoisotopic (exact) mass is 198 g/mol. The van der Waals surface area contributed by atoms with Crippen LogP contribution in [0.4, 0.5) is 4.79 Å². The molecule has 0 aliphatic rings. The SMILES string of the molecule is CCN(CCC#N)CC(=O)NC(N)=O. The number of imide groups is 1. The Morgan fingerprint density at radius 1 is 1.57 bits per heavy atom. The van der Waals surface area contributed by atoms with Crippen molar-refractivity contribution >= 4 is 11.9 Å². The molecule has 0 rings (SSSR count). The summed E-state index contributed by atoms with van der Waals surface area (Å²) in [7, 11) is 0. The number of carbonyl (C=O) groups is 2. The number of hydrogen-bond acceptors (Lipinski definition) is 4. The Balaban J connectivity index is 3.87. The highest BCUT2D eigenvalue weighted by atomic mass is 16.2. The lowest BCUT2D eigenvalue weighted by Crippen LogP contribution is -2.42. The fraction of sp³-hybridized carbons (Fsp3) is 0.625. The maximum Gasteiger partial charge on any atom is 0.318 e. The third kappa shape index (κ3) is 5.97. The zero-order chi connectivity index (χ0) is 11.0. The summed E-state index contributed by atoms with van der Waals surface area (Å²) < 4.78 is 0. The van der Waals surface area contributed by atoms with Crippen molar-refractivity contribution in [1.82, 2.24) is 10.2 Å². The van der Waals surface area contributed by atoms with Gasteiger partial charge in [0, 0.05) is 13.0 Å². The van der Waals surface area contributed by atoms with Crippen LogP contribution in [0.3, 0.4) is 0 Å². The molecule has 6 nitrogen and oxygen atoms in total. The molecular weight excluding hydrogens is 184 g/mol. The van der Waals surface area contributed by atoms with Crippen molar-refractivity contribution in [3.05, 3.63) is 0 Å². The number of nitrogens with one attached hydrogen (secondary N) is 1. The van der Waals surface area contributed by atoms with E-state index < -0.39 is 11.9 Å². The number of amides is 3. The number of rotatable bonds is 5. The van der Waals surface area contributed by atoms with Gasteiger partial charge in [0.05, 0.1) is 12.6 Å². The molecule has 0 unspecified atom stereocenters. The van der Waals surface area contributed by atoms with Crippen molar-refractivity contribution in [3.63, 3.8) is 0 Å². The molecule has 0 aliphatic heterocycles. The normalized spacial score (nSPS) is 9.50. The standard InChI is InChI=1S/C8H14N4O2/c1-2-12(5-3-4-9)6-7(13)11-8(10)14/h2-3,5-6H2,1H3,(H3,10,11,13,14). The minimum Gasteiger partial charge on any atom is -0.351 e. The average Bonchev–Trinajstić information content (AvgIpc) is 2.10. The second-order valence-electron chi connectivity index (χ2n) is 2.69. The highest BCUT2D eigenvalue weighted by Crippen LogP contribution is 1.89. The number of hydrogen-bond donors (Lipinski definition) is 2. The molecule has 0 aromatic rings. The molecule has 0 saturated carbocycles. The van der Waals surface area contributed by atoms with E-state index in [1.807, 2.05) is 18.3 Å². The summed E-state index contributed by atoms with van der Waals surface area (Å²) in [4.78, 5) is 23.1. The van der Waals surface area contributed by atoms with Gasteiger partial charge in [-0.1, -0.05) is 6.92 Å². The van der Waals surface area contributed by atoms with Gasteiger partial charge in [-0.25, -0.2) is 4.79 Å². The number of nitrogens with two attached hydrogens (primary N) is 1. The van der Waals surface area contributed by atoms with Crippen LogP contribution in [0.25, 0.3) is 0 Å². The van der Waals surface area contributed by atoms with Gasteiger partial charge in [-0.15, -0.1) is 0 Å². The van der Waals surface area contributed by atoms with Crippen molar-refractivity contribution < 1.29 is 9.59 Å². The molecule has 0 aliphatic carbocycles. The van der Waals surface area contributed by atoms with Gasteiger partial charge in [0.15, 0.2) is 0 Å². The summed E-state index contributed by atoms with van der Waals surface area (Å²) in [5.74, 6) is -0.447. The molecule has 14 heavy (non-hydrogen) atoms. The van der Waals surface area contributed by atoms with E-state index in [0.717, 1.165) is 0 Å². The molecule has 0 heterocycles. The molecule has 0 saturated heterocycles. The summed E-state index contributed by atoms with van der Waals surface area (Å²) in [6.07, 6.45) is 0.359. The fourth-order valence-electron chi connectivity index (χ4n) is 0.937. The Morgan fingerprint density at radius 2 is 2.21 bits per heavy atom. The van der Waals surface area contributed by atoms with Gasteiger partial charge in [0.2, 0.25) is 5.91 Å². The molecule has 0 fully saturated rings. The van der Waals surface area contributed by atoms with Crippen LogP contribution in [-0.2, 0) is 4.79 Å². The third-order valence-electron chi connectivity index (χ3n) is 1.62. The average molecular weight is 198 g/mol. The molecular formula is C8H14N4O2. The highest BCUT2D eigenvalue weighted by Gasteiger charge is 2.09. The number of likely N-dealkylation sites (N-methyl/N-ethyl adjacent to an activating group) is 1. The Labute approximate surface area is 82.7 Å². The molecule has 0 atom stereocenters. The van der Waals surface area contributed by atoms with Gasteiger partial charge in [-0.2, -0.15) is 5.26 Å². The smallest absolute Gasteiger partial charge is 0.318 e. The van der Waals surface area contributed by atoms with E-state index in [0.29, 0.717) is 19.5 Å². The van der Waals surface area contributed by atoms with Crippen molar-refractivity contribution in [3.8, 4) is 6.07 Å². The molecule has 78 valence electrons. The van der Waals surface area contributed by atoms with E-state index in [4.69, 9.17) is 11.0 Å². The second-order valence-corrected chi connectivity index (χ2v) is 2.69. The number of carbonyl (C=O) groups excluding carboxylic acids is 2. The van der Waals surface area contributed by atoms with E-state index in [9.17, 15) is 9.59 Å². The fourth-order valence-corrected chi connectivity index (χ4v) is 0.937. The molecule has 3 N–H and O–H groups in total. The van der Waals surface area contributed by atoms with Crippen molar-refractivity contribution in [2.24, 2.45) is 5.73 Å². The molecule has 0 radical (unpaired) electrons. The Kier molecular flexibility index (Phi) is 6.07. The first-order valence-electron chi connectivity index (χ1n) is 4.28. The first kappa shape index (κ1) is 12.4. The minimum absolute atomic E-state index is 0.0844. The Morgan fingerprint density at radius 3 is 2.64 bits per heavy atom. The van der Waals surface area contributed by atoms with Crippen LogP contribution in [0.2, 0.25) is 0 Å². The lowest BCUT2D eigenvalue weighted by Gasteiger charge is -2.17. The predicted octanol–water partition coefficient (Wildman–Crippen LogP) is -0.583. The van der Waals surface area contributed by atoms with Crippen LogP contribution in [-0.4, -0.2) is 36.5 Å². The summed E-state index contributed by atoms with van der Waals surface area (Å²) in [6, 6.07) is 1.13. The van der Waals surface area contributed by atoms with Gasteiger partial charge >= 0.3 is 6.03 Å². The van der Waals surface area contributed by atoms with Crippen LogP contribution < -0.4 is 11.1 Å². The first-order chi connectivity index (χ1) is 6.60. The Bertz CT molecular complexity index is 246. The summed E-state index contributed by atoms with van der Waals surface area (Å²) in [5.41, 5.74) is 4.77. The van der Waals surface area contributed by atoms with E-state index in [2.05, 4.69) is 0 Å². The molecule has 0 spiro atoms. The van der Waals surface area contributed by atoms with Crippen molar-refractivity contribution in [2.75, 3.05) is 19.6 Å². The van der Waals surface area contributed by atoms with E-state index in [1.54, 1.807) is 4.90 Å². The number of nitrogens with zero attached hydrogens (tertiary/aromatic N) is 2. The summed E-state index contributed by atoms with van der Waals surface area (Å²) in [5, 5.41) is 10.3. The van der Waals surface area contributed by atoms with Crippen LogP contribution in [0.15, 0.2) is 0 Å². The third-order valence-corrected chi connectivity index (χ3v) is 1.62. The van der Waals surface area contributed by atoms with Crippen molar-refractivity contribution in [2.45, 2.75) is 13.3 Å². The second kappa shape index (κ2) is 6.86. The van der Waals surface area contributed by atoms with Crippen LogP contribution in [0.1, 0.15) is 13.3 Å². The van der Waals surface area contributed by atoms with Gasteiger partial charge in [0.1, 0.15) is 0 Å². The maximum atomic E-state index is 11.0.